The fraction of sp³-hybridized carbons (Fsp3) is 0.125. The summed E-state index contributed by atoms with van der Waals surface area (Å²) in [6, 6.07) is 9.52. The molecule has 2 N–H and O–H groups in total. The highest BCUT2D eigenvalue weighted by atomic mass is 16.3. The van der Waals surface area contributed by atoms with E-state index in [1.54, 1.807) is 6.92 Å². The van der Waals surface area contributed by atoms with Gasteiger partial charge in [0.25, 0.3) is 0 Å². The zero-order chi connectivity index (χ0) is 7.40. The van der Waals surface area contributed by atoms with Crippen molar-refractivity contribution in [1.29, 1.82) is 0 Å². The molecule has 0 aliphatic carbocycles. The number of nitrogens with one attached hydrogen (secondary N) is 1. The molecule has 53 valence electrons. The number of anilines is 1. The third-order valence-corrected chi connectivity index (χ3v) is 1.10. The first-order valence-corrected chi connectivity index (χ1v) is 3.13. The minimum Gasteiger partial charge on any atom is -0.367 e. The van der Waals surface area contributed by atoms with Gasteiger partial charge in [-0.2, -0.15) is 0 Å². The van der Waals surface area contributed by atoms with Crippen LogP contribution in [-0.4, -0.2) is 5.11 Å². The highest BCUT2D eigenvalue weighted by Crippen LogP contribution is 2.07. The zero-order valence-electron chi connectivity index (χ0n) is 5.83. The van der Waals surface area contributed by atoms with Crippen LogP contribution in [0.4, 0.5) is 5.69 Å². The van der Waals surface area contributed by atoms with Crippen LogP contribution >= 0.6 is 0 Å². The molecule has 0 unspecified atom stereocenters. The van der Waals surface area contributed by atoms with Gasteiger partial charge in [-0.25, -0.2) is 0 Å². The second-order valence-corrected chi connectivity index (χ2v) is 2.08. The summed E-state index contributed by atoms with van der Waals surface area (Å²) in [6.45, 7) is 1.60. The fourth-order valence-corrected chi connectivity index (χ4v) is 0.730. The maximum absolute atomic E-state index is 8.81. The molecule has 0 fully saturated rings. The maximum atomic E-state index is 8.81. The van der Waals surface area contributed by atoms with E-state index in [4.69, 9.17) is 5.11 Å². The van der Waals surface area contributed by atoms with Crippen LogP contribution in [0.15, 0.2) is 30.3 Å². The number of rotatable bonds is 2. The Labute approximate surface area is 60.5 Å². The molecule has 2 heteroatoms. The zero-order valence-corrected chi connectivity index (χ0v) is 5.83. The number of benzene rings is 1. The van der Waals surface area contributed by atoms with Crippen molar-refractivity contribution in [3.63, 3.8) is 0 Å². The van der Waals surface area contributed by atoms with Gasteiger partial charge in [0.2, 0.25) is 0 Å². The minimum absolute atomic E-state index is 0.214. The Kier molecular flexibility index (Phi) is 2.29. The molecule has 1 rings (SSSR count). The first kappa shape index (κ1) is 7.09. The van der Waals surface area contributed by atoms with Crippen molar-refractivity contribution in [2.24, 2.45) is 0 Å². The monoisotopic (exact) mass is 136 g/mol. The van der Waals surface area contributed by atoms with Crippen LogP contribution in [0.3, 0.4) is 0 Å². The number of hydrogen-bond donors (Lipinski definition) is 2. The van der Waals surface area contributed by atoms with Crippen molar-refractivity contribution in [1.82, 2.24) is 0 Å². The first-order valence-electron chi connectivity index (χ1n) is 3.13. The summed E-state index contributed by atoms with van der Waals surface area (Å²) in [4.78, 5) is 0. The summed E-state index contributed by atoms with van der Waals surface area (Å²) in [5, 5.41) is 11.6. The van der Waals surface area contributed by atoms with Gasteiger partial charge in [-0.05, 0) is 19.1 Å². The average Bonchev–Trinajstić information content (AvgIpc) is 1.88. The molecule has 0 bridgehead atoms. The van der Waals surface area contributed by atoms with Gasteiger partial charge in [0.05, 0.1) is 0 Å². The minimum atomic E-state index is 0.214. The lowest BCUT2D eigenvalue weighted by Gasteiger charge is -2.05. The highest BCUT2D eigenvalue weighted by Gasteiger charge is 1.93. The van der Waals surface area contributed by atoms with Crippen LogP contribution in [0.5, 0.6) is 0 Å². The Morgan fingerprint density at radius 3 is 2.40 bits per heavy atom. The van der Waals surface area contributed by atoms with E-state index in [1.165, 1.54) is 0 Å². The molecule has 0 saturated carbocycles. The predicted octanol–water partition coefficient (Wildman–Crippen LogP) is 1.98. The van der Waals surface area contributed by atoms with Crippen molar-refractivity contribution in [3.8, 4) is 0 Å². The summed E-state index contributed by atoms with van der Waals surface area (Å²) < 4.78 is 0. The van der Waals surface area contributed by atoms with Gasteiger partial charge in [-0.15, -0.1) is 0 Å². The SMILES string of the molecule is C[C](O)Nc1ccccc1. The predicted molar refractivity (Wildman–Crippen MR) is 40.9 cm³/mol. The Bertz CT molecular complexity index is 184. The van der Waals surface area contributed by atoms with Crippen LogP contribution in [0.1, 0.15) is 6.92 Å². The topological polar surface area (TPSA) is 32.3 Å². The van der Waals surface area contributed by atoms with Crippen LogP contribution in [0, 0.1) is 6.23 Å². The van der Waals surface area contributed by atoms with Gasteiger partial charge in [0.1, 0.15) is 0 Å². The number of para-hydroxylation sites is 1. The Balaban J connectivity index is 2.59. The van der Waals surface area contributed by atoms with Crippen molar-refractivity contribution < 1.29 is 5.11 Å². The molecular formula is C8H10NO. The van der Waals surface area contributed by atoms with Gasteiger partial charge in [0, 0.05) is 5.69 Å². The van der Waals surface area contributed by atoms with Crippen LogP contribution in [-0.2, 0) is 0 Å². The molecule has 0 aliphatic heterocycles. The molecular weight excluding hydrogens is 126 g/mol. The molecule has 1 radical (unpaired) electrons. The second kappa shape index (κ2) is 3.22. The van der Waals surface area contributed by atoms with Crippen LogP contribution in [0.25, 0.3) is 0 Å². The van der Waals surface area contributed by atoms with Crippen molar-refractivity contribution in [2.45, 2.75) is 6.92 Å². The molecule has 0 amide bonds. The summed E-state index contributed by atoms with van der Waals surface area (Å²) >= 11 is 0. The standard InChI is InChI=1S/C8H10NO/c1-7(10)9-8-5-3-2-4-6-8/h2-6,9-10H,1H3. The normalized spacial score (nSPS) is 9.90. The third-order valence-electron chi connectivity index (χ3n) is 1.10. The Morgan fingerprint density at radius 2 is 1.90 bits per heavy atom. The molecule has 0 aliphatic rings. The number of hydrogen-bond acceptors (Lipinski definition) is 2. The number of aliphatic hydroxyl groups excluding tert-OH is 1. The van der Waals surface area contributed by atoms with Crippen molar-refractivity contribution in [3.05, 3.63) is 36.6 Å². The lowest BCUT2D eigenvalue weighted by atomic mass is 10.3. The van der Waals surface area contributed by atoms with E-state index in [2.05, 4.69) is 5.32 Å². The van der Waals surface area contributed by atoms with E-state index in [9.17, 15) is 0 Å². The summed E-state index contributed by atoms with van der Waals surface area (Å²) in [5.41, 5.74) is 0.905. The summed E-state index contributed by atoms with van der Waals surface area (Å²) in [6.07, 6.45) is 0.214. The maximum Gasteiger partial charge on any atom is 0.180 e. The quantitative estimate of drug-likeness (QED) is 0.651. The Morgan fingerprint density at radius 1 is 1.30 bits per heavy atom. The fourth-order valence-electron chi connectivity index (χ4n) is 0.730. The molecule has 0 spiro atoms. The molecule has 0 atom stereocenters. The smallest absolute Gasteiger partial charge is 0.180 e. The third kappa shape index (κ3) is 2.07. The lowest BCUT2D eigenvalue weighted by Crippen LogP contribution is -2.03. The van der Waals surface area contributed by atoms with Crippen molar-refractivity contribution in [2.75, 3.05) is 5.32 Å². The lowest BCUT2D eigenvalue weighted by molar-refractivity contribution is 0.331. The molecule has 10 heavy (non-hydrogen) atoms. The van der Waals surface area contributed by atoms with E-state index in [-0.39, 0.29) is 6.23 Å². The molecule has 0 heterocycles. The van der Waals surface area contributed by atoms with Gasteiger partial charge in [-0.3, -0.25) is 0 Å². The van der Waals surface area contributed by atoms with E-state index in [0.29, 0.717) is 0 Å². The molecule has 1 aromatic rings. The van der Waals surface area contributed by atoms with Crippen LogP contribution in [0.2, 0.25) is 0 Å². The molecule has 1 aromatic carbocycles. The van der Waals surface area contributed by atoms with Gasteiger partial charge in [-0.1, -0.05) is 18.2 Å². The molecule has 0 saturated heterocycles. The van der Waals surface area contributed by atoms with Crippen LogP contribution < -0.4 is 5.32 Å². The van der Waals surface area contributed by atoms with E-state index < -0.39 is 0 Å². The van der Waals surface area contributed by atoms with E-state index >= 15 is 0 Å². The number of aliphatic hydroxyl groups is 1. The first-order chi connectivity index (χ1) is 4.79. The average molecular weight is 136 g/mol. The van der Waals surface area contributed by atoms with Gasteiger partial charge < -0.3 is 10.4 Å². The summed E-state index contributed by atoms with van der Waals surface area (Å²) in [5.74, 6) is 0. The highest BCUT2D eigenvalue weighted by molar-refractivity contribution is 5.44. The largest absolute Gasteiger partial charge is 0.367 e. The second-order valence-electron chi connectivity index (χ2n) is 2.08. The van der Waals surface area contributed by atoms with Crippen molar-refractivity contribution >= 4 is 5.69 Å². The van der Waals surface area contributed by atoms with E-state index in [0.717, 1.165) is 5.69 Å². The van der Waals surface area contributed by atoms with E-state index in [1.807, 2.05) is 30.3 Å². The van der Waals surface area contributed by atoms with Gasteiger partial charge in [0.15, 0.2) is 6.23 Å². The summed E-state index contributed by atoms with van der Waals surface area (Å²) in [7, 11) is 0. The molecule has 0 aromatic heterocycles. The Hall–Kier alpha value is -1.02. The molecule has 2 nitrogen and oxygen atoms in total. The van der Waals surface area contributed by atoms with Gasteiger partial charge >= 0.3 is 0 Å².